The second kappa shape index (κ2) is 11.0. The van der Waals surface area contributed by atoms with Crippen molar-refractivity contribution in [1.82, 2.24) is 20.2 Å². The van der Waals surface area contributed by atoms with Crippen LogP contribution < -0.4 is 10.6 Å². The average Bonchev–Trinajstić information content (AvgIpc) is 3.40. The molecule has 2 fully saturated rings. The Kier molecular flexibility index (Phi) is 7.18. The molecule has 38 heavy (non-hydrogen) atoms. The van der Waals surface area contributed by atoms with E-state index in [9.17, 15) is 9.59 Å². The van der Waals surface area contributed by atoms with Crippen LogP contribution in [-0.4, -0.2) is 39.1 Å². The quantitative estimate of drug-likeness (QED) is 0.445. The van der Waals surface area contributed by atoms with Crippen LogP contribution in [0.25, 0.3) is 11.3 Å². The van der Waals surface area contributed by atoms with E-state index in [2.05, 4.69) is 26.6 Å². The van der Waals surface area contributed by atoms with Crippen molar-refractivity contribution in [2.75, 3.05) is 11.9 Å². The molecule has 1 atom stereocenters. The van der Waals surface area contributed by atoms with Gasteiger partial charge in [-0.1, -0.05) is 50.3 Å². The molecule has 0 unspecified atom stereocenters. The lowest BCUT2D eigenvalue weighted by Crippen LogP contribution is -2.42. The normalized spacial score (nSPS) is 20.3. The van der Waals surface area contributed by atoms with E-state index in [1.54, 1.807) is 6.20 Å². The van der Waals surface area contributed by atoms with E-state index in [0.29, 0.717) is 31.4 Å². The highest BCUT2D eigenvalue weighted by Gasteiger charge is 2.31. The number of anilines is 2. The minimum atomic E-state index is -0.194. The summed E-state index contributed by atoms with van der Waals surface area (Å²) in [5.41, 5.74) is 5.39. The Morgan fingerprint density at radius 3 is 2.79 bits per heavy atom. The SMILES string of the molecule is O=C(CC1CCCCC1)c1ccc2cc1CN1CCC[C@H]1C(=O)NCc1cccc(c1)-c1ccnc(n1)N2. The van der Waals surface area contributed by atoms with Gasteiger partial charge in [-0.2, -0.15) is 0 Å². The number of hydrogen-bond acceptors (Lipinski definition) is 6. The Morgan fingerprint density at radius 1 is 1.00 bits per heavy atom. The second-order valence-electron chi connectivity index (χ2n) is 10.9. The van der Waals surface area contributed by atoms with Crippen LogP contribution >= 0.6 is 0 Å². The van der Waals surface area contributed by atoms with Gasteiger partial charge in [0, 0.05) is 42.5 Å². The number of aromatic nitrogens is 2. The van der Waals surface area contributed by atoms with Crippen LogP contribution in [0.2, 0.25) is 0 Å². The second-order valence-corrected chi connectivity index (χ2v) is 10.9. The fraction of sp³-hybridized carbons (Fsp3) is 0.419. The average molecular weight is 510 g/mol. The highest BCUT2D eigenvalue weighted by Crippen LogP contribution is 2.31. The van der Waals surface area contributed by atoms with E-state index in [1.165, 1.54) is 19.3 Å². The number of fused-ring (bicyclic) bond motifs is 8. The number of amides is 1. The molecule has 3 aliphatic rings. The van der Waals surface area contributed by atoms with Crippen molar-refractivity contribution in [1.29, 1.82) is 0 Å². The topological polar surface area (TPSA) is 87.2 Å². The molecule has 196 valence electrons. The predicted octanol–water partition coefficient (Wildman–Crippen LogP) is 5.63. The first-order valence-electron chi connectivity index (χ1n) is 14.0. The summed E-state index contributed by atoms with van der Waals surface area (Å²) in [5.74, 6) is 1.25. The maximum absolute atomic E-state index is 13.5. The predicted molar refractivity (Wildman–Crippen MR) is 148 cm³/mol. The van der Waals surface area contributed by atoms with Crippen molar-refractivity contribution >= 4 is 23.3 Å². The van der Waals surface area contributed by atoms with Gasteiger partial charge in [0.25, 0.3) is 0 Å². The first-order valence-corrected chi connectivity index (χ1v) is 14.0. The fourth-order valence-corrected chi connectivity index (χ4v) is 6.23. The van der Waals surface area contributed by atoms with Crippen LogP contribution in [0.1, 0.15) is 72.9 Å². The summed E-state index contributed by atoms with van der Waals surface area (Å²) in [6.45, 7) is 1.87. The zero-order chi connectivity index (χ0) is 25.9. The van der Waals surface area contributed by atoms with Crippen molar-refractivity contribution < 1.29 is 9.59 Å². The molecule has 2 N–H and O–H groups in total. The molecule has 7 heteroatoms. The molecule has 1 saturated carbocycles. The lowest BCUT2D eigenvalue weighted by Gasteiger charge is -2.26. The Balaban J connectivity index is 1.36. The van der Waals surface area contributed by atoms with Gasteiger partial charge in [0.2, 0.25) is 11.9 Å². The first kappa shape index (κ1) is 24.7. The van der Waals surface area contributed by atoms with Gasteiger partial charge in [-0.3, -0.25) is 14.5 Å². The maximum Gasteiger partial charge on any atom is 0.237 e. The van der Waals surface area contributed by atoms with Gasteiger partial charge in [-0.05, 0) is 66.8 Å². The molecule has 6 rings (SSSR count). The summed E-state index contributed by atoms with van der Waals surface area (Å²) >= 11 is 0. The van der Waals surface area contributed by atoms with Crippen LogP contribution in [-0.2, 0) is 17.9 Å². The highest BCUT2D eigenvalue weighted by atomic mass is 16.2. The molecular weight excluding hydrogens is 474 g/mol. The lowest BCUT2D eigenvalue weighted by atomic mass is 9.84. The van der Waals surface area contributed by atoms with E-state index in [4.69, 9.17) is 4.98 Å². The Hall–Kier alpha value is -3.58. The third-order valence-electron chi connectivity index (χ3n) is 8.25. The molecule has 2 aliphatic heterocycles. The monoisotopic (exact) mass is 509 g/mol. The van der Waals surface area contributed by atoms with Crippen LogP contribution in [0.5, 0.6) is 0 Å². The summed E-state index contributed by atoms with van der Waals surface area (Å²) < 4.78 is 0. The van der Waals surface area contributed by atoms with Gasteiger partial charge < -0.3 is 10.6 Å². The van der Waals surface area contributed by atoms with Gasteiger partial charge in [0.1, 0.15) is 0 Å². The Bertz CT molecular complexity index is 1330. The van der Waals surface area contributed by atoms with E-state index in [0.717, 1.165) is 65.9 Å². The number of hydrogen-bond donors (Lipinski definition) is 2. The van der Waals surface area contributed by atoms with Crippen LogP contribution in [0.15, 0.2) is 54.7 Å². The zero-order valence-corrected chi connectivity index (χ0v) is 21.8. The fourth-order valence-electron chi connectivity index (χ4n) is 6.23. The van der Waals surface area contributed by atoms with Crippen molar-refractivity contribution in [2.45, 2.75) is 70.5 Å². The smallest absolute Gasteiger partial charge is 0.237 e. The third-order valence-corrected chi connectivity index (χ3v) is 8.25. The molecule has 6 bridgehead atoms. The highest BCUT2D eigenvalue weighted by molar-refractivity contribution is 5.98. The molecule has 7 nitrogen and oxygen atoms in total. The van der Waals surface area contributed by atoms with Gasteiger partial charge in [-0.15, -0.1) is 0 Å². The number of benzene rings is 2. The largest absolute Gasteiger partial charge is 0.351 e. The first-order chi connectivity index (χ1) is 18.6. The minimum Gasteiger partial charge on any atom is -0.351 e. The van der Waals surface area contributed by atoms with Gasteiger partial charge >= 0.3 is 0 Å². The third kappa shape index (κ3) is 5.48. The summed E-state index contributed by atoms with van der Waals surface area (Å²) in [5, 5.41) is 6.52. The number of nitrogens with zero attached hydrogens (tertiary/aromatic N) is 3. The number of carbonyl (C=O) groups excluding carboxylic acids is 2. The molecule has 0 spiro atoms. The molecule has 3 aromatic rings. The minimum absolute atomic E-state index is 0.0497. The molecule has 2 aromatic carbocycles. The summed E-state index contributed by atoms with van der Waals surface area (Å²) in [4.78, 5) is 38.2. The van der Waals surface area contributed by atoms with Crippen LogP contribution in [0.3, 0.4) is 0 Å². The van der Waals surface area contributed by atoms with Crippen molar-refractivity contribution in [3.05, 3.63) is 71.4 Å². The van der Waals surface area contributed by atoms with Gasteiger partial charge in [0.05, 0.1) is 11.7 Å². The van der Waals surface area contributed by atoms with E-state index in [1.807, 2.05) is 42.5 Å². The molecule has 1 saturated heterocycles. The van der Waals surface area contributed by atoms with E-state index >= 15 is 0 Å². The van der Waals surface area contributed by atoms with E-state index < -0.39 is 0 Å². The number of Topliss-reactive ketones (excluding diaryl/α,β-unsaturated/α-hetero) is 1. The summed E-state index contributed by atoms with van der Waals surface area (Å²) in [7, 11) is 0. The summed E-state index contributed by atoms with van der Waals surface area (Å²) in [6, 6.07) is 15.7. The summed E-state index contributed by atoms with van der Waals surface area (Å²) in [6.07, 6.45) is 10.2. The Morgan fingerprint density at radius 2 is 1.89 bits per heavy atom. The van der Waals surface area contributed by atoms with Crippen molar-refractivity contribution in [3.8, 4) is 11.3 Å². The van der Waals surface area contributed by atoms with Crippen molar-refractivity contribution in [2.24, 2.45) is 5.92 Å². The van der Waals surface area contributed by atoms with Gasteiger partial charge in [-0.25, -0.2) is 9.97 Å². The molecular formula is C31H35N5O2. The van der Waals surface area contributed by atoms with Crippen LogP contribution in [0.4, 0.5) is 11.6 Å². The molecule has 0 radical (unpaired) electrons. The number of ketones is 1. The maximum atomic E-state index is 13.5. The van der Waals surface area contributed by atoms with E-state index in [-0.39, 0.29) is 17.7 Å². The standard InChI is InChI=1S/C31H35N5O2/c37-29(17-21-6-2-1-3-7-21)26-12-11-25-18-24(26)20-36-15-5-10-28(36)30(38)33-19-22-8-4-9-23(16-22)27-13-14-32-31(34-25)35-27/h4,8-9,11-14,16,18,21,28H,1-3,5-7,10,15,17,19-20H2,(H,33,38)(H,32,34,35)/t28-/m0/s1. The Labute approximate surface area is 224 Å². The number of carbonyl (C=O) groups is 2. The molecule has 1 aliphatic carbocycles. The van der Waals surface area contributed by atoms with Crippen molar-refractivity contribution in [3.63, 3.8) is 0 Å². The zero-order valence-electron chi connectivity index (χ0n) is 21.8. The van der Waals surface area contributed by atoms with Gasteiger partial charge in [0.15, 0.2) is 5.78 Å². The van der Waals surface area contributed by atoms with Crippen LogP contribution in [0, 0.1) is 5.92 Å². The molecule has 3 heterocycles. The lowest BCUT2D eigenvalue weighted by molar-refractivity contribution is -0.125. The number of nitrogens with one attached hydrogen (secondary N) is 2. The molecule has 1 aromatic heterocycles. The number of rotatable bonds is 3. The molecule has 1 amide bonds.